The van der Waals surface area contributed by atoms with Gasteiger partial charge in [0.05, 0.1) is 33.2 Å². The first-order chi connectivity index (χ1) is 22.3. The average molecular weight is 578 g/mol. The lowest BCUT2D eigenvalue weighted by Gasteiger charge is -2.14. The van der Waals surface area contributed by atoms with Crippen molar-refractivity contribution < 1.29 is 8.83 Å². The van der Waals surface area contributed by atoms with Gasteiger partial charge in [0.25, 0.3) is 0 Å². The van der Waals surface area contributed by atoms with E-state index in [4.69, 9.17) is 18.8 Å². The van der Waals surface area contributed by atoms with Crippen molar-refractivity contribution in [3.8, 4) is 28.3 Å². The molecule has 0 bridgehead atoms. The zero-order chi connectivity index (χ0) is 29.5. The fourth-order valence-electron chi connectivity index (χ4n) is 6.90. The van der Waals surface area contributed by atoms with Crippen LogP contribution in [0.3, 0.4) is 0 Å². The van der Waals surface area contributed by atoms with E-state index in [1.54, 1.807) is 0 Å². The molecule has 0 amide bonds. The van der Waals surface area contributed by atoms with Crippen LogP contribution in [0.1, 0.15) is 0 Å². The average Bonchev–Trinajstić information content (AvgIpc) is 3.77. The normalized spacial score (nSPS) is 12.0. The smallest absolute Gasteiger partial charge is 0.231 e. The highest BCUT2D eigenvalue weighted by atomic mass is 16.3. The summed E-state index contributed by atoms with van der Waals surface area (Å²) in [7, 11) is 0. The molecule has 0 spiro atoms. The number of para-hydroxylation sites is 4. The molecule has 0 aliphatic carbocycles. The third-order valence-electron chi connectivity index (χ3n) is 8.85. The Morgan fingerprint density at radius 3 is 2.02 bits per heavy atom. The predicted molar refractivity (Wildman–Crippen MR) is 182 cm³/mol. The minimum Gasteiger partial charge on any atom is -0.455 e. The van der Waals surface area contributed by atoms with E-state index in [0.29, 0.717) is 11.5 Å². The van der Waals surface area contributed by atoms with E-state index in [2.05, 4.69) is 89.5 Å². The maximum absolute atomic E-state index is 6.53. The van der Waals surface area contributed by atoms with Gasteiger partial charge in [-0.05, 0) is 42.5 Å². The summed E-state index contributed by atoms with van der Waals surface area (Å²) in [6, 6.07) is 47.8. The third-order valence-corrected chi connectivity index (χ3v) is 8.85. The Kier molecular flexibility index (Phi) is 4.93. The van der Waals surface area contributed by atoms with Crippen molar-refractivity contribution in [2.24, 2.45) is 0 Å². The van der Waals surface area contributed by atoms with Crippen LogP contribution in [0.15, 0.2) is 148 Å². The highest BCUT2D eigenvalue weighted by Crippen LogP contribution is 2.42. The summed E-state index contributed by atoms with van der Waals surface area (Å²) in [6.07, 6.45) is 0. The topological polar surface area (TPSA) is 57.0 Å². The van der Waals surface area contributed by atoms with Crippen LogP contribution < -0.4 is 0 Å². The molecule has 0 saturated heterocycles. The summed E-state index contributed by atoms with van der Waals surface area (Å²) in [5.41, 5.74) is 9.04. The Bertz CT molecular complexity index is 2770. The van der Waals surface area contributed by atoms with E-state index in [1.807, 2.05) is 54.6 Å². The maximum atomic E-state index is 6.53. The van der Waals surface area contributed by atoms with E-state index >= 15 is 0 Å². The molecule has 10 aromatic rings. The first-order valence-electron chi connectivity index (χ1n) is 15.0. The van der Waals surface area contributed by atoms with Crippen LogP contribution in [0.5, 0.6) is 0 Å². The molecule has 0 saturated carbocycles. The molecule has 0 atom stereocenters. The van der Waals surface area contributed by atoms with Crippen LogP contribution in [-0.2, 0) is 0 Å². The SMILES string of the molecule is c1ccc(-c2nc(-c3ccccc3-n3c4ccccc4c4c5oc6ccccc6c5ccc43)nc3oc4ccccc4c23)cc1. The van der Waals surface area contributed by atoms with Gasteiger partial charge in [0.2, 0.25) is 5.71 Å². The predicted octanol–water partition coefficient (Wildman–Crippen LogP) is 10.7. The number of hydrogen-bond acceptors (Lipinski definition) is 4. The molecule has 45 heavy (non-hydrogen) atoms. The summed E-state index contributed by atoms with van der Waals surface area (Å²) >= 11 is 0. The molecule has 10 rings (SSSR count). The number of fused-ring (bicyclic) bond motifs is 10. The molecule has 0 radical (unpaired) electrons. The van der Waals surface area contributed by atoms with Gasteiger partial charge in [0, 0.05) is 32.7 Å². The van der Waals surface area contributed by atoms with Crippen LogP contribution in [0.25, 0.3) is 94.1 Å². The Labute approximate surface area is 256 Å². The van der Waals surface area contributed by atoms with Crippen LogP contribution in [-0.4, -0.2) is 14.5 Å². The molecular weight excluding hydrogens is 554 g/mol. The van der Waals surface area contributed by atoms with Gasteiger partial charge in [0.15, 0.2) is 5.82 Å². The quantitative estimate of drug-likeness (QED) is 0.210. The lowest BCUT2D eigenvalue weighted by Crippen LogP contribution is -2.00. The van der Waals surface area contributed by atoms with Gasteiger partial charge in [-0.25, -0.2) is 4.98 Å². The third kappa shape index (κ3) is 3.43. The maximum Gasteiger partial charge on any atom is 0.231 e. The number of aromatic nitrogens is 3. The molecule has 0 aliphatic rings. The Balaban J connectivity index is 1.30. The summed E-state index contributed by atoms with van der Waals surface area (Å²) in [6.45, 7) is 0. The second kappa shape index (κ2) is 9.15. The first kappa shape index (κ1) is 24.3. The lowest BCUT2D eigenvalue weighted by molar-refractivity contribution is 0.653. The van der Waals surface area contributed by atoms with Gasteiger partial charge in [-0.2, -0.15) is 4.98 Å². The monoisotopic (exact) mass is 577 g/mol. The fourth-order valence-corrected chi connectivity index (χ4v) is 6.90. The van der Waals surface area contributed by atoms with Gasteiger partial charge in [-0.15, -0.1) is 0 Å². The van der Waals surface area contributed by atoms with Gasteiger partial charge < -0.3 is 13.4 Å². The highest BCUT2D eigenvalue weighted by molar-refractivity contribution is 6.24. The minimum absolute atomic E-state index is 0.570. The molecule has 5 heteroatoms. The van der Waals surface area contributed by atoms with Crippen LogP contribution in [0.2, 0.25) is 0 Å². The van der Waals surface area contributed by atoms with Crippen molar-refractivity contribution >= 4 is 65.8 Å². The van der Waals surface area contributed by atoms with Crippen molar-refractivity contribution in [3.05, 3.63) is 140 Å². The molecule has 0 fully saturated rings. The molecule has 6 aromatic carbocycles. The Morgan fingerprint density at radius 1 is 0.467 bits per heavy atom. The molecule has 210 valence electrons. The second-order valence-electron chi connectivity index (χ2n) is 11.3. The van der Waals surface area contributed by atoms with Gasteiger partial charge in [-0.3, -0.25) is 0 Å². The standard InChI is InChI=1S/C40H23N3O2/c1-2-12-24(13-3-1)37-36-29-17-7-11-21-34(29)45-40(36)42-39(41-37)28-16-5-9-19-31(28)43-30-18-8-4-15-27(30)35-32(43)23-22-26-25-14-6-10-20-33(25)44-38(26)35/h1-23H. The zero-order valence-electron chi connectivity index (χ0n) is 23.9. The molecule has 0 N–H and O–H groups in total. The van der Waals surface area contributed by atoms with E-state index < -0.39 is 0 Å². The molecule has 0 aliphatic heterocycles. The van der Waals surface area contributed by atoms with E-state index in [-0.39, 0.29) is 0 Å². The summed E-state index contributed by atoms with van der Waals surface area (Å²) in [5, 5.41) is 6.37. The largest absolute Gasteiger partial charge is 0.455 e. The minimum atomic E-state index is 0.570. The van der Waals surface area contributed by atoms with Gasteiger partial charge in [-0.1, -0.05) is 97.1 Å². The lowest BCUT2D eigenvalue weighted by atomic mass is 10.1. The second-order valence-corrected chi connectivity index (χ2v) is 11.3. The van der Waals surface area contributed by atoms with Gasteiger partial charge in [0.1, 0.15) is 16.7 Å². The number of furan rings is 2. The summed E-state index contributed by atoms with van der Waals surface area (Å²) < 4.78 is 15.2. The van der Waals surface area contributed by atoms with Crippen molar-refractivity contribution in [2.45, 2.75) is 0 Å². The molecular formula is C40H23N3O2. The van der Waals surface area contributed by atoms with Crippen molar-refractivity contribution in [3.63, 3.8) is 0 Å². The molecule has 4 heterocycles. The van der Waals surface area contributed by atoms with E-state index in [0.717, 1.165) is 82.6 Å². The first-order valence-corrected chi connectivity index (χ1v) is 15.0. The van der Waals surface area contributed by atoms with Crippen LogP contribution in [0, 0.1) is 0 Å². The Morgan fingerprint density at radius 2 is 1.16 bits per heavy atom. The fraction of sp³-hybridized carbons (Fsp3) is 0. The number of hydrogen-bond donors (Lipinski definition) is 0. The molecule has 0 unspecified atom stereocenters. The molecule has 4 aromatic heterocycles. The zero-order valence-corrected chi connectivity index (χ0v) is 23.9. The van der Waals surface area contributed by atoms with Crippen LogP contribution >= 0.6 is 0 Å². The van der Waals surface area contributed by atoms with Crippen molar-refractivity contribution in [2.75, 3.05) is 0 Å². The van der Waals surface area contributed by atoms with E-state index in [1.165, 1.54) is 0 Å². The summed E-state index contributed by atoms with van der Waals surface area (Å²) in [5.74, 6) is 0.603. The van der Waals surface area contributed by atoms with Crippen molar-refractivity contribution in [1.82, 2.24) is 14.5 Å². The van der Waals surface area contributed by atoms with E-state index in [9.17, 15) is 0 Å². The number of rotatable bonds is 3. The van der Waals surface area contributed by atoms with Crippen LogP contribution in [0.4, 0.5) is 0 Å². The van der Waals surface area contributed by atoms with Gasteiger partial charge >= 0.3 is 0 Å². The molecule has 5 nitrogen and oxygen atoms in total. The number of benzene rings is 6. The number of nitrogens with zero attached hydrogens (tertiary/aromatic N) is 3. The summed E-state index contributed by atoms with van der Waals surface area (Å²) in [4.78, 5) is 10.3. The van der Waals surface area contributed by atoms with Crippen molar-refractivity contribution in [1.29, 1.82) is 0 Å². The highest BCUT2D eigenvalue weighted by Gasteiger charge is 2.23. The Hall–Kier alpha value is -6.20.